The van der Waals surface area contributed by atoms with Gasteiger partial charge in [-0.25, -0.2) is 0 Å². The third-order valence-corrected chi connectivity index (χ3v) is 3.40. The van der Waals surface area contributed by atoms with Crippen molar-refractivity contribution < 1.29 is 4.79 Å². The number of thiophene rings is 1. The Morgan fingerprint density at radius 3 is 2.81 bits per heavy atom. The van der Waals surface area contributed by atoms with E-state index in [1.807, 2.05) is 24.4 Å². The van der Waals surface area contributed by atoms with Gasteiger partial charge in [0.1, 0.15) is 0 Å². The fourth-order valence-electron chi connectivity index (χ4n) is 1.36. The summed E-state index contributed by atoms with van der Waals surface area (Å²) in [6.45, 7) is 1.92. The van der Waals surface area contributed by atoms with Gasteiger partial charge in [-0.05, 0) is 42.1 Å². The topological polar surface area (TPSA) is 29.1 Å². The second-order valence-electron chi connectivity index (χ2n) is 3.40. The first-order valence-electron chi connectivity index (χ1n) is 4.78. The van der Waals surface area contributed by atoms with Gasteiger partial charge in [-0.3, -0.25) is 4.79 Å². The Morgan fingerprint density at radius 2 is 2.19 bits per heavy atom. The van der Waals surface area contributed by atoms with E-state index >= 15 is 0 Å². The predicted octanol–water partition coefficient (Wildman–Crippen LogP) is 3.96. The molecule has 0 atom stereocenters. The number of benzene rings is 1. The van der Waals surface area contributed by atoms with Gasteiger partial charge in [-0.15, -0.1) is 11.3 Å². The summed E-state index contributed by atoms with van der Waals surface area (Å²) >= 11 is 7.27. The van der Waals surface area contributed by atoms with Crippen LogP contribution in [0.15, 0.2) is 35.7 Å². The van der Waals surface area contributed by atoms with Gasteiger partial charge in [0.2, 0.25) is 0 Å². The van der Waals surface area contributed by atoms with Gasteiger partial charge in [-0.1, -0.05) is 17.7 Å². The van der Waals surface area contributed by atoms with Crippen LogP contribution in [0.1, 0.15) is 15.2 Å². The maximum Gasteiger partial charge on any atom is 0.265 e. The number of carbonyl (C=O) groups excluding carboxylic acids is 1. The smallest absolute Gasteiger partial charge is 0.265 e. The van der Waals surface area contributed by atoms with Crippen LogP contribution in [0.4, 0.5) is 5.69 Å². The molecule has 0 aliphatic heterocycles. The van der Waals surface area contributed by atoms with Gasteiger partial charge < -0.3 is 5.32 Å². The van der Waals surface area contributed by atoms with Crippen molar-refractivity contribution in [1.29, 1.82) is 0 Å². The van der Waals surface area contributed by atoms with E-state index in [1.54, 1.807) is 18.2 Å². The molecule has 16 heavy (non-hydrogen) atoms. The van der Waals surface area contributed by atoms with E-state index in [2.05, 4.69) is 5.32 Å². The number of halogens is 1. The number of anilines is 1. The molecule has 1 aromatic heterocycles. The minimum absolute atomic E-state index is 0.0882. The molecule has 82 valence electrons. The quantitative estimate of drug-likeness (QED) is 0.860. The number of rotatable bonds is 2. The summed E-state index contributed by atoms with van der Waals surface area (Å²) in [6.07, 6.45) is 0. The van der Waals surface area contributed by atoms with E-state index < -0.39 is 0 Å². The van der Waals surface area contributed by atoms with E-state index in [0.717, 1.165) is 10.4 Å². The SMILES string of the molecule is Cc1ccsc1C(=O)Nc1cccc(Cl)c1. The van der Waals surface area contributed by atoms with Crippen LogP contribution in [0.3, 0.4) is 0 Å². The molecule has 0 bridgehead atoms. The van der Waals surface area contributed by atoms with Gasteiger partial charge >= 0.3 is 0 Å². The maximum absolute atomic E-state index is 11.9. The minimum atomic E-state index is -0.0882. The Kier molecular flexibility index (Phi) is 3.27. The number of amides is 1. The fraction of sp³-hybridized carbons (Fsp3) is 0.0833. The summed E-state index contributed by atoms with van der Waals surface area (Å²) in [6, 6.07) is 9.04. The Labute approximate surface area is 103 Å². The lowest BCUT2D eigenvalue weighted by Crippen LogP contribution is -2.11. The Morgan fingerprint density at radius 1 is 1.38 bits per heavy atom. The Hall–Kier alpha value is -1.32. The van der Waals surface area contributed by atoms with Crippen LogP contribution in [0.25, 0.3) is 0 Å². The van der Waals surface area contributed by atoms with Crippen LogP contribution in [-0.4, -0.2) is 5.91 Å². The van der Waals surface area contributed by atoms with Crippen molar-refractivity contribution >= 4 is 34.5 Å². The second kappa shape index (κ2) is 4.68. The number of aryl methyl sites for hydroxylation is 1. The predicted molar refractivity (Wildman–Crippen MR) is 68.5 cm³/mol. The molecule has 0 aliphatic rings. The van der Waals surface area contributed by atoms with Crippen molar-refractivity contribution in [3.8, 4) is 0 Å². The highest BCUT2D eigenvalue weighted by atomic mass is 35.5. The Balaban J connectivity index is 2.17. The summed E-state index contributed by atoms with van der Waals surface area (Å²) in [5.41, 5.74) is 1.70. The molecule has 2 nitrogen and oxygen atoms in total. The fourth-order valence-corrected chi connectivity index (χ4v) is 2.37. The standard InChI is InChI=1S/C12H10ClNOS/c1-8-5-6-16-11(8)12(15)14-10-4-2-3-9(13)7-10/h2-7H,1H3,(H,14,15). The average Bonchev–Trinajstić information content (AvgIpc) is 2.64. The van der Waals surface area contributed by atoms with Crippen molar-refractivity contribution in [3.63, 3.8) is 0 Å². The zero-order valence-electron chi connectivity index (χ0n) is 8.66. The highest BCUT2D eigenvalue weighted by Crippen LogP contribution is 2.19. The number of hydrogen-bond donors (Lipinski definition) is 1. The van der Waals surface area contributed by atoms with Crippen molar-refractivity contribution in [2.75, 3.05) is 5.32 Å². The van der Waals surface area contributed by atoms with Crippen LogP contribution in [0, 0.1) is 6.92 Å². The summed E-state index contributed by atoms with van der Waals surface area (Å²) < 4.78 is 0. The second-order valence-corrected chi connectivity index (χ2v) is 4.75. The molecule has 0 spiro atoms. The lowest BCUT2D eigenvalue weighted by molar-refractivity contribution is 0.103. The molecular weight excluding hydrogens is 242 g/mol. The lowest BCUT2D eigenvalue weighted by atomic mass is 10.2. The number of hydrogen-bond acceptors (Lipinski definition) is 2. The van der Waals surface area contributed by atoms with E-state index in [4.69, 9.17) is 11.6 Å². The van der Waals surface area contributed by atoms with E-state index in [0.29, 0.717) is 10.7 Å². The molecule has 0 radical (unpaired) electrons. The maximum atomic E-state index is 11.9. The van der Waals surface area contributed by atoms with Crippen molar-refractivity contribution in [1.82, 2.24) is 0 Å². The summed E-state index contributed by atoms with van der Waals surface area (Å²) in [4.78, 5) is 12.6. The molecule has 4 heteroatoms. The number of nitrogens with one attached hydrogen (secondary N) is 1. The van der Waals surface area contributed by atoms with Crippen LogP contribution < -0.4 is 5.32 Å². The van der Waals surface area contributed by atoms with Crippen LogP contribution >= 0.6 is 22.9 Å². The first kappa shape index (κ1) is 11.2. The summed E-state index contributed by atoms with van der Waals surface area (Å²) in [5, 5.41) is 5.33. The summed E-state index contributed by atoms with van der Waals surface area (Å²) in [7, 11) is 0. The molecule has 1 N–H and O–H groups in total. The molecule has 0 fully saturated rings. The molecule has 1 aromatic carbocycles. The van der Waals surface area contributed by atoms with Gasteiger partial charge in [0, 0.05) is 10.7 Å². The molecule has 2 rings (SSSR count). The third kappa shape index (κ3) is 2.43. The van der Waals surface area contributed by atoms with Crippen molar-refractivity contribution in [3.05, 3.63) is 51.2 Å². The molecule has 0 saturated carbocycles. The van der Waals surface area contributed by atoms with Crippen LogP contribution in [0.5, 0.6) is 0 Å². The third-order valence-electron chi connectivity index (χ3n) is 2.15. The van der Waals surface area contributed by atoms with E-state index in [-0.39, 0.29) is 5.91 Å². The van der Waals surface area contributed by atoms with Gasteiger partial charge in [-0.2, -0.15) is 0 Å². The largest absolute Gasteiger partial charge is 0.321 e. The molecule has 1 amide bonds. The number of carbonyl (C=O) groups is 1. The van der Waals surface area contributed by atoms with Crippen molar-refractivity contribution in [2.45, 2.75) is 6.92 Å². The lowest BCUT2D eigenvalue weighted by Gasteiger charge is -2.04. The normalized spacial score (nSPS) is 10.1. The zero-order valence-corrected chi connectivity index (χ0v) is 10.2. The average molecular weight is 252 g/mol. The molecular formula is C12H10ClNOS. The van der Waals surface area contributed by atoms with Crippen LogP contribution in [-0.2, 0) is 0 Å². The first-order valence-corrected chi connectivity index (χ1v) is 6.03. The highest BCUT2D eigenvalue weighted by Gasteiger charge is 2.10. The van der Waals surface area contributed by atoms with E-state index in [1.165, 1.54) is 11.3 Å². The molecule has 0 aliphatic carbocycles. The van der Waals surface area contributed by atoms with Gasteiger partial charge in [0.25, 0.3) is 5.91 Å². The van der Waals surface area contributed by atoms with Crippen molar-refractivity contribution in [2.24, 2.45) is 0 Å². The van der Waals surface area contributed by atoms with E-state index in [9.17, 15) is 4.79 Å². The summed E-state index contributed by atoms with van der Waals surface area (Å²) in [5.74, 6) is -0.0882. The Bertz CT molecular complexity index is 521. The van der Waals surface area contributed by atoms with Gasteiger partial charge in [0.15, 0.2) is 0 Å². The zero-order chi connectivity index (χ0) is 11.5. The highest BCUT2D eigenvalue weighted by molar-refractivity contribution is 7.12. The molecule has 2 aromatic rings. The molecule has 1 heterocycles. The monoisotopic (exact) mass is 251 g/mol. The first-order chi connectivity index (χ1) is 7.66. The van der Waals surface area contributed by atoms with Crippen LogP contribution in [0.2, 0.25) is 5.02 Å². The minimum Gasteiger partial charge on any atom is -0.321 e. The molecule has 0 saturated heterocycles. The molecule has 0 unspecified atom stereocenters. The van der Waals surface area contributed by atoms with Gasteiger partial charge in [0.05, 0.1) is 4.88 Å².